The lowest BCUT2D eigenvalue weighted by molar-refractivity contribution is 0.0903. The Labute approximate surface area is 130 Å². The van der Waals surface area contributed by atoms with Gasteiger partial charge in [-0.2, -0.15) is 0 Å². The van der Waals surface area contributed by atoms with Gasteiger partial charge in [-0.1, -0.05) is 6.07 Å². The van der Waals surface area contributed by atoms with Gasteiger partial charge in [-0.15, -0.1) is 22.7 Å². The molecule has 5 heteroatoms. The number of Topliss-reactive ketones (excluding diaryl/α,β-unsaturated/α-hetero) is 1. The summed E-state index contributed by atoms with van der Waals surface area (Å²) in [5, 5.41) is 2.08. The van der Waals surface area contributed by atoms with Gasteiger partial charge in [0.1, 0.15) is 0 Å². The zero-order chi connectivity index (χ0) is 13.8. The summed E-state index contributed by atoms with van der Waals surface area (Å²) in [6, 6.07) is 8.34. The molecule has 0 saturated heterocycles. The number of nitrogens with zero attached hydrogens (tertiary/aromatic N) is 1. The first kappa shape index (κ1) is 14.9. The minimum absolute atomic E-state index is 0.195. The van der Waals surface area contributed by atoms with Crippen LogP contribution in [0.25, 0.3) is 0 Å². The Morgan fingerprint density at radius 1 is 1.37 bits per heavy atom. The van der Waals surface area contributed by atoms with Crippen LogP contribution in [0.1, 0.15) is 28.4 Å². The minimum atomic E-state index is 0.195. The van der Waals surface area contributed by atoms with Gasteiger partial charge in [0.15, 0.2) is 5.78 Å². The Kier molecular flexibility index (Phi) is 5.33. The fourth-order valence-corrected chi connectivity index (χ4v) is 3.80. The van der Waals surface area contributed by atoms with Crippen molar-refractivity contribution in [1.29, 1.82) is 0 Å². The SMILES string of the molecule is CC(C)N(CC(=O)c1ccc(Br)s1)Cc1cccs1. The predicted molar refractivity (Wildman–Crippen MR) is 86.2 cm³/mol. The molecule has 2 aromatic rings. The fraction of sp³-hybridized carbons (Fsp3) is 0.357. The van der Waals surface area contributed by atoms with Crippen molar-refractivity contribution in [3.63, 3.8) is 0 Å². The van der Waals surface area contributed by atoms with Crippen molar-refractivity contribution in [3.8, 4) is 0 Å². The monoisotopic (exact) mass is 357 g/mol. The lowest BCUT2D eigenvalue weighted by atomic mass is 10.2. The van der Waals surface area contributed by atoms with E-state index in [0.717, 1.165) is 15.2 Å². The molecule has 2 nitrogen and oxygen atoms in total. The number of halogens is 1. The van der Waals surface area contributed by atoms with E-state index in [4.69, 9.17) is 0 Å². The highest BCUT2D eigenvalue weighted by molar-refractivity contribution is 9.11. The maximum atomic E-state index is 12.3. The number of hydrogen-bond donors (Lipinski definition) is 0. The number of thiophene rings is 2. The van der Waals surface area contributed by atoms with Crippen LogP contribution >= 0.6 is 38.6 Å². The lowest BCUT2D eigenvalue weighted by Gasteiger charge is -2.24. The highest BCUT2D eigenvalue weighted by Crippen LogP contribution is 2.23. The third kappa shape index (κ3) is 4.24. The van der Waals surface area contributed by atoms with E-state index in [1.165, 1.54) is 16.2 Å². The first-order valence-corrected chi connectivity index (χ1v) is 8.60. The summed E-state index contributed by atoms with van der Waals surface area (Å²) in [7, 11) is 0. The summed E-state index contributed by atoms with van der Waals surface area (Å²) in [6.45, 7) is 5.58. The van der Waals surface area contributed by atoms with Gasteiger partial charge in [0.25, 0.3) is 0 Å². The van der Waals surface area contributed by atoms with Crippen LogP contribution in [-0.4, -0.2) is 23.3 Å². The van der Waals surface area contributed by atoms with Crippen molar-refractivity contribution in [3.05, 3.63) is 43.2 Å². The molecule has 2 rings (SSSR count). The van der Waals surface area contributed by atoms with Crippen molar-refractivity contribution in [2.24, 2.45) is 0 Å². The van der Waals surface area contributed by atoms with Gasteiger partial charge < -0.3 is 0 Å². The molecule has 0 fully saturated rings. The summed E-state index contributed by atoms with van der Waals surface area (Å²) in [6.07, 6.45) is 0. The van der Waals surface area contributed by atoms with Crippen LogP contribution in [0, 0.1) is 0 Å². The second kappa shape index (κ2) is 6.79. The van der Waals surface area contributed by atoms with Crippen LogP contribution in [0.3, 0.4) is 0 Å². The highest BCUT2D eigenvalue weighted by atomic mass is 79.9. The Morgan fingerprint density at radius 2 is 2.16 bits per heavy atom. The molecule has 102 valence electrons. The zero-order valence-corrected chi connectivity index (χ0v) is 14.1. The van der Waals surface area contributed by atoms with E-state index in [0.29, 0.717) is 12.6 Å². The lowest BCUT2D eigenvalue weighted by Crippen LogP contribution is -2.34. The van der Waals surface area contributed by atoms with E-state index in [9.17, 15) is 4.79 Å². The summed E-state index contributed by atoms with van der Waals surface area (Å²) < 4.78 is 1.00. The molecule has 0 radical (unpaired) electrons. The Balaban J connectivity index is 2.02. The zero-order valence-electron chi connectivity index (χ0n) is 10.9. The van der Waals surface area contributed by atoms with E-state index in [1.807, 2.05) is 12.1 Å². The molecule has 0 saturated carbocycles. The van der Waals surface area contributed by atoms with Crippen LogP contribution in [0.2, 0.25) is 0 Å². The van der Waals surface area contributed by atoms with Gasteiger partial charge in [-0.25, -0.2) is 0 Å². The smallest absolute Gasteiger partial charge is 0.186 e. The van der Waals surface area contributed by atoms with E-state index < -0.39 is 0 Å². The van der Waals surface area contributed by atoms with Crippen molar-refractivity contribution in [1.82, 2.24) is 4.90 Å². The standard InChI is InChI=1S/C14H16BrNOS2/c1-10(2)16(8-11-4-3-7-18-11)9-12(17)13-5-6-14(15)19-13/h3-7,10H,8-9H2,1-2H3. The van der Waals surface area contributed by atoms with Crippen molar-refractivity contribution < 1.29 is 4.79 Å². The molecule has 0 unspecified atom stereocenters. The molecule has 0 spiro atoms. The van der Waals surface area contributed by atoms with Gasteiger partial charge in [0.2, 0.25) is 0 Å². The highest BCUT2D eigenvalue weighted by Gasteiger charge is 2.17. The summed E-state index contributed by atoms with van der Waals surface area (Å²) in [5.41, 5.74) is 0. The first-order chi connectivity index (χ1) is 9.06. The molecular formula is C14H16BrNOS2. The summed E-state index contributed by atoms with van der Waals surface area (Å²) in [5.74, 6) is 0.195. The van der Waals surface area contributed by atoms with Crippen LogP contribution in [0.4, 0.5) is 0 Å². The van der Waals surface area contributed by atoms with Crippen LogP contribution < -0.4 is 0 Å². The average Bonchev–Trinajstić information content (AvgIpc) is 2.99. The molecule has 19 heavy (non-hydrogen) atoms. The van der Waals surface area contributed by atoms with E-state index in [-0.39, 0.29) is 5.78 Å². The Bertz CT molecular complexity index is 533. The molecule has 2 heterocycles. The second-order valence-corrected chi connectivity index (χ2v) is 8.10. The number of rotatable bonds is 6. The molecule has 0 amide bonds. The van der Waals surface area contributed by atoms with Crippen molar-refractivity contribution >= 4 is 44.4 Å². The molecule has 2 aromatic heterocycles. The molecule has 0 bridgehead atoms. The molecule has 0 aliphatic rings. The topological polar surface area (TPSA) is 20.3 Å². The van der Waals surface area contributed by atoms with E-state index in [1.54, 1.807) is 11.3 Å². The van der Waals surface area contributed by atoms with Crippen molar-refractivity contribution in [2.45, 2.75) is 26.4 Å². The normalized spacial score (nSPS) is 11.4. The quantitative estimate of drug-likeness (QED) is 0.700. The number of hydrogen-bond acceptors (Lipinski definition) is 4. The predicted octanol–water partition coefficient (Wildman–Crippen LogP) is 4.67. The van der Waals surface area contributed by atoms with Crippen molar-refractivity contribution in [2.75, 3.05) is 6.54 Å². The Morgan fingerprint density at radius 3 is 2.68 bits per heavy atom. The van der Waals surface area contributed by atoms with Crippen LogP contribution in [0.5, 0.6) is 0 Å². The molecule has 0 N–H and O–H groups in total. The Hall–Kier alpha value is -0.490. The van der Waals surface area contributed by atoms with Gasteiger partial charge in [0.05, 0.1) is 15.2 Å². The fourth-order valence-electron chi connectivity index (χ4n) is 1.75. The maximum absolute atomic E-state index is 12.3. The van der Waals surface area contributed by atoms with Gasteiger partial charge >= 0.3 is 0 Å². The third-order valence-corrected chi connectivity index (χ3v) is 5.39. The molecule has 0 aliphatic carbocycles. The minimum Gasteiger partial charge on any atom is -0.292 e. The van der Waals surface area contributed by atoms with Gasteiger partial charge in [0, 0.05) is 17.5 Å². The first-order valence-electron chi connectivity index (χ1n) is 6.11. The molecular weight excluding hydrogens is 342 g/mol. The largest absolute Gasteiger partial charge is 0.292 e. The van der Waals surface area contributed by atoms with Gasteiger partial charge in [-0.05, 0) is 53.4 Å². The second-order valence-electron chi connectivity index (χ2n) is 4.61. The van der Waals surface area contributed by atoms with Gasteiger partial charge in [-0.3, -0.25) is 9.69 Å². The van der Waals surface area contributed by atoms with Crippen LogP contribution in [-0.2, 0) is 6.54 Å². The molecule has 0 aliphatic heterocycles. The average molecular weight is 358 g/mol. The summed E-state index contributed by atoms with van der Waals surface area (Å²) >= 11 is 6.64. The summed E-state index contributed by atoms with van der Waals surface area (Å²) in [4.78, 5) is 16.6. The maximum Gasteiger partial charge on any atom is 0.186 e. The third-order valence-electron chi connectivity index (χ3n) is 2.86. The number of ketones is 1. The molecule has 0 aromatic carbocycles. The van der Waals surface area contributed by atoms with E-state index in [2.05, 4.69) is 52.2 Å². The van der Waals surface area contributed by atoms with Crippen LogP contribution in [0.15, 0.2) is 33.4 Å². The number of carbonyl (C=O) groups excluding carboxylic acids is 1. The molecule has 0 atom stereocenters. The van der Waals surface area contributed by atoms with E-state index >= 15 is 0 Å². The number of carbonyl (C=O) groups is 1.